The van der Waals surface area contributed by atoms with E-state index in [1.165, 1.54) is 0 Å². The van der Waals surface area contributed by atoms with Gasteiger partial charge in [-0.1, -0.05) is 13.8 Å². The maximum absolute atomic E-state index is 12.1. The van der Waals surface area contributed by atoms with Gasteiger partial charge in [-0.05, 0) is 12.8 Å². The normalized spacial score (nSPS) is 23.7. The predicted molar refractivity (Wildman–Crippen MR) is 59.1 cm³/mol. The lowest BCUT2D eigenvalue weighted by atomic mass is 9.88. The molecule has 1 atom stereocenters. The van der Waals surface area contributed by atoms with Crippen LogP contribution in [0.2, 0.25) is 0 Å². The minimum absolute atomic E-state index is 0.0560. The molecule has 0 aromatic carbocycles. The molecule has 1 aromatic heterocycles. The molecule has 16 heavy (non-hydrogen) atoms. The van der Waals surface area contributed by atoms with Crippen molar-refractivity contribution in [3.8, 4) is 0 Å². The molecule has 4 nitrogen and oxygen atoms in total. The SMILES string of the molecule is Cn1ccnc1C(=O)C1CCC(C)(C)C1=O. The maximum Gasteiger partial charge on any atom is 0.208 e. The van der Waals surface area contributed by atoms with Crippen molar-refractivity contribution < 1.29 is 9.59 Å². The molecule has 0 amide bonds. The quantitative estimate of drug-likeness (QED) is 0.562. The number of imidazole rings is 1. The van der Waals surface area contributed by atoms with Crippen molar-refractivity contribution >= 4 is 11.6 Å². The van der Waals surface area contributed by atoms with E-state index in [4.69, 9.17) is 0 Å². The Kier molecular flexibility index (Phi) is 2.45. The zero-order valence-corrected chi connectivity index (χ0v) is 9.86. The summed E-state index contributed by atoms with van der Waals surface area (Å²) in [5.41, 5.74) is -0.356. The molecule has 1 aromatic rings. The molecule has 1 heterocycles. The summed E-state index contributed by atoms with van der Waals surface area (Å²) in [7, 11) is 1.77. The monoisotopic (exact) mass is 220 g/mol. The summed E-state index contributed by atoms with van der Waals surface area (Å²) in [6.07, 6.45) is 4.74. The van der Waals surface area contributed by atoms with Gasteiger partial charge in [0.15, 0.2) is 5.82 Å². The second kappa shape index (κ2) is 3.54. The largest absolute Gasteiger partial charge is 0.332 e. The number of hydrogen-bond acceptors (Lipinski definition) is 3. The molecule has 0 N–H and O–H groups in total. The molecule has 1 unspecified atom stereocenters. The third kappa shape index (κ3) is 1.58. The van der Waals surface area contributed by atoms with Gasteiger partial charge in [-0.15, -0.1) is 0 Å². The number of nitrogens with zero attached hydrogens (tertiary/aromatic N) is 2. The molecular weight excluding hydrogens is 204 g/mol. The maximum atomic E-state index is 12.1. The van der Waals surface area contributed by atoms with Crippen LogP contribution in [0.25, 0.3) is 0 Å². The number of aryl methyl sites for hydroxylation is 1. The molecule has 0 radical (unpaired) electrons. The van der Waals surface area contributed by atoms with Crippen LogP contribution in [-0.4, -0.2) is 21.1 Å². The highest BCUT2D eigenvalue weighted by Gasteiger charge is 2.44. The van der Waals surface area contributed by atoms with Crippen LogP contribution in [0.15, 0.2) is 12.4 Å². The van der Waals surface area contributed by atoms with Gasteiger partial charge in [0, 0.05) is 24.9 Å². The standard InChI is InChI=1S/C12H16N2O2/c1-12(2)5-4-8(10(12)16)9(15)11-13-6-7-14(11)3/h6-8H,4-5H2,1-3H3. The van der Waals surface area contributed by atoms with Crippen LogP contribution < -0.4 is 0 Å². The smallest absolute Gasteiger partial charge is 0.208 e. The zero-order chi connectivity index (χ0) is 11.9. The third-order valence-corrected chi connectivity index (χ3v) is 3.40. The molecule has 1 aliphatic carbocycles. The van der Waals surface area contributed by atoms with Gasteiger partial charge < -0.3 is 4.57 Å². The van der Waals surface area contributed by atoms with Crippen molar-refractivity contribution in [2.75, 3.05) is 0 Å². The summed E-state index contributed by atoms with van der Waals surface area (Å²) in [5, 5.41) is 0. The van der Waals surface area contributed by atoms with Crippen molar-refractivity contribution in [2.24, 2.45) is 18.4 Å². The van der Waals surface area contributed by atoms with Gasteiger partial charge in [-0.3, -0.25) is 9.59 Å². The van der Waals surface area contributed by atoms with Gasteiger partial charge in [0.25, 0.3) is 0 Å². The molecule has 0 saturated heterocycles. The summed E-state index contributed by atoms with van der Waals surface area (Å²) in [6.45, 7) is 3.81. The average Bonchev–Trinajstić information content (AvgIpc) is 2.73. The van der Waals surface area contributed by atoms with Crippen LogP contribution in [0.4, 0.5) is 0 Å². The van der Waals surface area contributed by atoms with Crippen LogP contribution in [0.3, 0.4) is 0 Å². The Morgan fingerprint density at radius 3 is 2.69 bits per heavy atom. The van der Waals surface area contributed by atoms with E-state index in [1.807, 2.05) is 13.8 Å². The summed E-state index contributed by atoms with van der Waals surface area (Å²) in [4.78, 5) is 28.1. The number of ketones is 2. The molecule has 4 heteroatoms. The Labute approximate surface area is 94.7 Å². The fourth-order valence-corrected chi connectivity index (χ4v) is 2.24. The molecule has 0 aliphatic heterocycles. The molecule has 0 bridgehead atoms. The Hall–Kier alpha value is -1.45. The molecule has 0 spiro atoms. The Bertz CT molecular complexity index is 446. The number of rotatable bonds is 2. The second-order valence-electron chi connectivity index (χ2n) is 5.07. The van der Waals surface area contributed by atoms with Gasteiger partial charge in [0.2, 0.25) is 5.78 Å². The molecule has 86 valence electrons. The molecule has 2 rings (SSSR count). The highest BCUT2D eigenvalue weighted by atomic mass is 16.2. The average molecular weight is 220 g/mol. The van der Waals surface area contributed by atoms with E-state index in [0.29, 0.717) is 12.2 Å². The summed E-state index contributed by atoms with van der Waals surface area (Å²) >= 11 is 0. The molecule has 1 fully saturated rings. The first-order chi connectivity index (χ1) is 7.43. The molecular formula is C12H16N2O2. The van der Waals surface area contributed by atoms with Gasteiger partial charge >= 0.3 is 0 Å². The Morgan fingerprint density at radius 1 is 1.56 bits per heavy atom. The molecule has 1 saturated carbocycles. The minimum atomic E-state index is -0.490. The number of Topliss-reactive ketones (excluding diaryl/α,β-unsaturated/α-hetero) is 2. The fourth-order valence-electron chi connectivity index (χ4n) is 2.24. The Balaban J connectivity index is 2.26. The van der Waals surface area contributed by atoms with Crippen molar-refractivity contribution in [3.63, 3.8) is 0 Å². The summed E-state index contributed by atoms with van der Waals surface area (Å²) < 4.78 is 1.67. The Morgan fingerprint density at radius 2 is 2.25 bits per heavy atom. The highest BCUT2D eigenvalue weighted by molar-refractivity contribution is 6.11. The third-order valence-electron chi connectivity index (χ3n) is 3.40. The first kappa shape index (κ1) is 11.0. The lowest BCUT2D eigenvalue weighted by Crippen LogP contribution is -2.28. The van der Waals surface area contributed by atoms with Gasteiger partial charge in [-0.25, -0.2) is 4.98 Å². The van der Waals surface area contributed by atoms with Gasteiger partial charge in [0.1, 0.15) is 5.78 Å². The van der Waals surface area contributed by atoms with Crippen LogP contribution in [0, 0.1) is 11.3 Å². The number of hydrogen-bond donors (Lipinski definition) is 0. The van der Waals surface area contributed by atoms with E-state index in [0.717, 1.165) is 6.42 Å². The van der Waals surface area contributed by atoms with E-state index in [2.05, 4.69) is 4.98 Å². The van der Waals surface area contributed by atoms with E-state index in [1.54, 1.807) is 24.0 Å². The predicted octanol–water partition coefficient (Wildman–Crippen LogP) is 1.61. The van der Waals surface area contributed by atoms with E-state index in [-0.39, 0.29) is 17.0 Å². The van der Waals surface area contributed by atoms with Crippen molar-refractivity contribution in [2.45, 2.75) is 26.7 Å². The van der Waals surface area contributed by atoms with Gasteiger partial charge in [-0.2, -0.15) is 0 Å². The lowest BCUT2D eigenvalue weighted by molar-refractivity contribution is -0.126. The van der Waals surface area contributed by atoms with E-state index in [9.17, 15) is 9.59 Å². The number of aromatic nitrogens is 2. The highest BCUT2D eigenvalue weighted by Crippen LogP contribution is 2.38. The number of carbonyl (C=O) groups is 2. The van der Waals surface area contributed by atoms with Crippen molar-refractivity contribution in [1.29, 1.82) is 0 Å². The first-order valence-corrected chi connectivity index (χ1v) is 5.49. The van der Waals surface area contributed by atoms with Crippen molar-refractivity contribution in [3.05, 3.63) is 18.2 Å². The van der Waals surface area contributed by atoms with Crippen LogP contribution in [0.1, 0.15) is 37.3 Å². The number of carbonyl (C=O) groups excluding carboxylic acids is 2. The van der Waals surface area contributed by atoms with Crippen molar-refractivity contribution in [1.82, 2.24) is 9.55 Å². The van der Waals surface area contributed by atoms with Gasteiger partial charge in [0.05, 0.1) is 5.92 Å². The molecule has 1 aliphatic rings. The van der Waals surface area contributed by atoms with Crippen LogP contribution >= 0.6 is 0 Å². The zero-order valence-electron chi connectivity index (χ0n) is 9.86. The minimum Gasteiger partial charge on any atom is -0.332 e. The topological polar surface area (TPSA) is 52.0 Å². The fraction of sp³-hybridized carbons (Fsp3) is 0.583. The first-order valence-electron chi connectivity index (χ1n) is 5.49. The summed E-state index contributed by atoms with van der Waals surface area (Å²) in [5.74, 6) is -0.185. The van der Waals surface area contributed by atoms with Crippen LogP contribution in [-0.2, 0) is 11.8 Å². The van der Waals surface area contributed by atoms with E-state index < -0.39 is 5.92 Å². The van der Waals surface area contributed by atoms with E-state index >= 15 is 0 Å². The second-order valence-corrected chi connectivity index (χ2v) is 5.07. The van der Waals surface area contributed by atoms with Crippen LogP contribution in [0.5, 0.6) is 0 Å². The summed E-state index contributed by atoms with van der Waals surface area (Å²) in [6, 6.07) is 0. The lowest BCUT2D eigenvalue weighted by Gasteiger charge is -2.15.